The van der Waals surface area contributed by atoms with Crippen molar-refractivity contribution in [2.45, 2.75) is 142 Å². The summed E-state index contributed by atoms with van der Waals surface area (Å²) in [6.07, 6.45) is 26.0. The fraction of sp³-hybridized carbons (Fsp3) is 0.889. The molecule has 1 aromatic rings. The van der Waals surface area contributed by atoms with Crippen LogP contribution in [0.3, 0.4) is 0 Å². The number of nitrogen functional groups attached to an aromatic ring is 1. The Balaban J connectivity index is 2.02. The number of anilines is 1. The summed E-state index contributed by atoms with van der Waals surface area (Å²) in [5, 5.41) is 0. The number of nitrogens with zero attached hydrogens (tertiary/aromatic N) is 3. The van der Waals surface area contributed by atoms with E-state index in [1.54, 1.807) is 0 Å². The molecule has 0 spiro atoms. The van der Waals surface area contributed by atoms with Gasteiger partial charge < -0.3 is 15.2 Å². The van der Waals surface area contributed by atoms with Gasteiger partial charge in [0.25, 0.3) is 0 Å². The molecule has 0 aromatic carbocycles. The lowest BCUT2D eigenvalue weighted by atomic mass is 10.1. The summed E-state index contributed by atoms with van der Waals surface area (Å²) in [5.74, 6) is 0.154. The van der Waals surface area contributed by atoms with E-state index in [1.165, 1.54) is 116 Å². The van der Waals surface area contributed by atoms with E-state index in [0.29, 0.717) is 13.2 Å². The Morgan fingerprint density at radius 2 is 0.758 bits per heavy atom. The van der Waals surface area contributed by atoms with Crippen molar-refractivity contribution in [3.8, 4) is 12.0 Å². The highest BCUT2D eigenvalue weighted by atomic mass is 16.5. The molecular weight excluding hydrogens is 412 g/mol. The van der Waals surface area contributed by atoms with Crippen molar-refractivity contribution in [2.24, 2.45) is 0 Å². The van der Waals surface area contributed by atoms with Gasteiger partial charge in [0.05, 0.1) is 13.2 Å². The zero-order valence-electron chi connectivity index (χ0n) is 21.8. The first-order valence-electron chi connectivity index (χ1n) is 14.0. The molecule has 6 nitrogen and oxygen atoms in total. The summed E-state index contributed by atoms with van der Waals surface area (Å²) >= 11 is 0. The van der Waals surface area contributed by atoms with Crippen LogP contribution in [-0.2, 0) is 0 Å². The van der Waals surface area contributed by atoms with Gasteiger partial charge in [0.15, 0.2) is 0 Å². The van der Waals surface area contributed by atoms with Crippen LogP contribution in [0.1, 0.15) is 142 Å². The molecule has 33 heavy (non-hydrogen) atoms. The Hall–Kier alpha value is -1.59. The predicted molar refractivity (Wildman–Crippen MR) is 139 cm³/mol. The molecular formula is C27H52N4O2. The van der Waals surface area contributed by atoms with Gasteiger partial charge in [0.1, 0.15) is 0 Å². The van der Waals surface area contributed by atoms with Crippen LogP contribution < -0.4 is 15.2 Å². The van der Waals surface area contributed by atoms with E-state index in [9.17, 15) is 0 Å². The van der Waals surface area contributed by atoms with Crippen LogP contribution in [0.2, 0.25) is 0 Å². The van der Waals surface area contributed by atoms with Gasteiger partial charge in [0.2, 0.25) is 5.95 Å². The highest BCUT2D eigenvalue weighted by Crippen LogP contribution is 2.14. The van der Waals surface area contributed by atoms with Crippen LogP contribution in [0, 0.1) is 0 Å². The van der Waals surface area contributed by atoms with Gasteiger partial charge in [-0.3, -0.25) is 0 Å². The van der Waals surface area contributed by atoms with E-state index in [0.717, 1.165) is 12.8 Å². The fourth-order valence-corrected chi connectivity index (χ4v) is 3.99. The first-order chi connectivity index (χ1) is 16.3. The van der Waals surface area contributed by atoms with Crippen molar-refractivity contribution in [1.29, 1.82) is 0 Å². The minimum Gasteiger partial charge on any atom is -0.463 e. The second kappa shape index (κ2) is 22.2. The molecule has 0 aliphatic rings. The molecule has 6 heteroatoms. The van der Waals surface area contributed by atoms with Gasteiger partial charge in [-0.25, -0.2) is 0 Å². The molecule has 1 aromatic heterocycles. The van der Waals surface area contributed by atoms with Crippen LogP contribution >= 0.6 is 0 Å². The van der Waals surface area contributed by atoms with Crippen LogP contribution in [0.5, 0.6) is 12.0 Å². The Bertz CT molecular complexity index is 513. The molecule has 0 aliphatic carbocycles. The second-order valence-corrected chi connectivity index (χ2v) is 9.32. The summed E-state index contributed by atoms with van der Waals surface area (Å²) in [6.45, 7) is 5.75. The molecule has 0 saturated heterocycles. The van der Waals surface area contributed by atoms with E-state index in [4.69, 9.17) is 15.2 Å². The number of unbranched alkanes of at least 4 members (excludes halogenated alkanes) is 18. The summed E-state index contributed by atoms with van der Waals surface area (Å²) in [4.78, 5) is 12.4. The minimum atomic E-state index is 0.154. The lowest BCUT2D eigenvalue weighted by Crippen LogP contribution is -2.08. The lowest BCUT2D eigenvalue weighted by molar-refractivity contribution is 0.253. The van der Waals surface area contributed by atoms with Crippen molar-refractivity contribution in [3.05, 3.63) is 0 Å². The van der Waals surface area contributed by atoms with E-state index in [2.05, 4.69) is 28.8 Å². The Morgan fingerprint density at radius 3 is 1.09 bits per heavy atom. The normalized spacial score (nSPS) is 11.1. The third-order valence-corrected chi connectivity index (χ3v) is 6.07. The molecule has 0 bridgehead atoms. The van der Waals surface area contributed by atoms with Crippen LogP contribution in [0.4, 0.5) is 5.95 Å². The zero-order valence-corrected chi connectivity index (χ0v) is 21.8. The maximum absolute atomic E-state index is 5.79. The van der Waals surface area contributed by atoms with Gasteiger partial charge in [-0.2, -0.15) is 9.97 Å². The van der Waals surface area contributed by atoms with Crippen molar-refractivity contribution >= 4 is 5.95 Å². The summed E-state index contributed by atoms with van der Waals surface area (Å²) in [7, 11) is 0. The van der Waals surface area contributed by atoms with E-state index < -0.39 is 0 Å². The van der Waals surface area contributed by atoms with Crippen LogP contribution in [0.15, 0.2) is 0 Å². The number of rotatable bonds is 24. The Morgan fingerprint density at radius 1 is 0.455 bits per heavy atom. The third kappa shape index (κ3) is 18.5. The smallest absolute Gasteiger partial charge is 0.324 e. The largest absolute Gasteiger partial charge is 0.463 e. The van der Waals surface area contributed by atoms with E-state index in [-0.39, 0.29) is 18.0 Å². The third-order valence-electron chi connectivity index (χ3n) is 6.07. The average Bonchev–Trinajstić information content (AvgIpc) is 2.80. The maximum atomic E-state index is 5.79. The number of hydrogen-bond acceptors (Lipinski definition) is 6. The summed E-state index contributed by atoms with van der Waals surface area (Å²) in [6, 6.07) is 0.549. The molecule has 1 rings (SSSR count). The molecule has 192 valence electrons. The van der Waals surface area contributed by atoms with Crippen LogP contribution in [-0.4, -0.2) is 28.2 Å². The first kappa shape index (κ1) is 29.4. The zero-order chi connectivity index (χ0) is 23.8. The monoisotopic (exact) mass is 464 g/mol. The van der Waals surface area contributed by atoms with Gasteiger partial charge in [-0.1, -0.05) is 129 Å². The summed E-state index contributed by atoms with van der Waals surface area (Å²) in [5.41, 5.74) is 5.79. The molecule has 0 aliphatic heterocycles. The standard InChI is InChI=1S/C27H52N4O2/c1-3-5-7-9-11-13-15-17-19-21-23-32-26-29-25(28)30-27(31-26)33-24-22-20-18-16-14-12-10-8-6-4-2/h3-24H2,1-2H3,(H2,28,29,30,31). The quantitative estimate of drug-likeness (QED) is 0.156. The number of ether oxygens (including phenoxy) is 2. The molecule has 0 atom stereocenters. The first-order valence-corrected chi connectivity index (χ1v) is 14.0. The molecule has 1 heterocycles. The molecule has 0 amide bonds. The SMILES string of the molecule is CCCCCCCCCCCCOc1nc(N)nc(OCCCCCCCCCCCC)n1. The topological polar surface area (TPSA) is 83.2 Å². The Kier molecular flexibility index (Phi) is 19.8. The predicted octanol–water partition coefficient (Wildman–Crippen LogP) is 8.05. The molecule has 0 fully saturated rings. The fourth-order valence-electron chi connectivity index (χ4n) is 3.99. The molecule has 0 unspecified atom stereocenters. The highest BCUT2D eigenvalue weighted by molar-refractivity contribution is 5.20. The van der Waals surface area contributed by atoms with Crippen molar-refractivity contribution in [1.82, 2.24) is 15.0 Å². The maximum Gasteiger partial charge on any atom is 0.324 e. The molecule has 2 N–H and O–H groups in total. The van der Waals surface area contributed by atoms with Crippen molar-refractivity contribution in [2.75, 3.05) is 18.9 Å². The Labute approximate surface area is 203 Å². The van der Waals surface area contributed by atoms with Crippen LogP contribution in [0.25, 0.3) is 0 Å². The lowest BCUT2D eigenvalue weighted by Gasteiger charge is -2.08. The molecule has 0 saturated carbocycles. The van der Waals surface area contributed by atoms with E-state index >= 15 is 0 Å². The van der Waals surface area contributed by atoms with Crippen molar-refractivity contribution < 1.29 is 9.47 Å². The second-order valence-electron chi connectivity index (χ2n) is 9.32. The number of nitrogens with two attached hydrogens (primary N) is 1. The van der Waals surface area contributed by atoms with Gasteiger partial charge in [-0.05, 0) is 12.8 Å². The van der Waals surface area contributed by atoms with Gasteiger partial charge in [-0.15, -0.1) is 4.98 Å². The highest BCUT2D eigenvalue weighted by Gasteiger charge is 2.07. The van der Waals surface area contributed by atoms with Crippen molar-refractivity contribution in [3.63, 3.8) is 0 Å². The van der Waals surface area contributed by atoms with Gasteiger partial charge in [0, 0.05) is 0 Å². The van der Waals surface area contributed by atoms with Gasteiger partial charge >= 0.3 is 12.0 Å². The minimum absolute atomic E-state index is 0.154. The summed E-state index contributed by atoms with van der Waals surface area (Å²) < 4.78 is 11.4. The van der Waals surface area contributed by atoms with E-state index in [1.807, 2.05) is 0 Å². The number of hydrogen-bond donors (Lipinski definition) is 1. The number of aromatic nitrogens is 3. The molecule has 0 radical (unpaired) electrons. The average molecular weight is 465 g/mol.